The number of halogens is 1. The van der Waals surface area contributed by atoms with E-state index in [1.165, 1.54) is 6.07 Å². The lowest BCUT2D eigenvalue weighted by Crippen LogP contribution is -2.26. The molecular formula is C23H25FN2O4. The van der Waals surface area contributed by atoms with Crippen molar-refractivity contribution in [2.75, 3.05) is 20.3 Å². The van der Waals surface area contributed by atoms with Crippen LogP contribution in [0.25, 0.3) is 10.9 Å². The first-order valence-corrected chi connectivity index (χ1v) is 10.1. The van der Waals surface area contributed by atoms with E-state index in [-0.39, 0.29) is 24.2 Å². The molecule has 2 heterocycles. The number of fused-ring (bicyclic) bond motifs is 1. The van der Waals surface area contributed by atoms with Crippen LogP contribution in [0.15, 0.2) is 42.5 Å². The summed E-state index contributed by atoms with van der Waals surface area (Å²) in [7, 11) is 1.56. The summed E-state index contributed by atoms with van der Waals surface area (Å²) in [5, 5.41) is 14.2. The zero-order valence-electron chi connectivity index (χ0n) is 16.9. The molecular weight excluding hydrogens is 387 g/mol. The number of carboxylic acids is 1. The van der Waals surface area contributed by atoms with Crippen molar-refractivity contribution < 1.29 is 23.8 Å². The van der Waals surface area contributed by atoms with Gasteiger partial charge in [0.05, 0.1) is 25.3 Å². The standard InChI is InChI=1S/C23H25FN2O4/c1-29-16-8-9-18-19(13-25-12-17-6-4-10-30-17)22(23(27)28)26(21(18)11-16)14-15-5-2-3-7-20(15)24/h2-3,5,7-9,11,17,25H,4,6,10,12-14H2,1H3,(H,27,28)/t17-/m0/s1. The fraction of sp³-hybridized carbons (Fsp3) is 0.348. The van der Waals surface area contributed by atoms with Crippen molar-refractivity contribution in [2.24, 2.45) is 0 Å². The molecule has 30 heavy (non-hydrogen) atoms. The van der Waals surface area contributed by atoms with E-state index in [0.29, 0.717) is 35.5 Å². The molecule has 158 valence electrons. The van der Waals surface area contributed by atoms with Crippen LogP contribution in [0.3, 0.4) is 0 Å². The molecule has 4 rings (SSSR count). The van der Waals surface area contributed by atoms with Gasteiger partial charge < -0.3 is 24.5 Å². The lowest BCUT2D eigenvalue weighted by Gasteiger charge is -2.12. The fourth-order valence-electron chi connectivity index (χ4n) is 4.08. The minimum absolute atomic E-state index is 0.115. The number of aromatic nitrogens is 1. The van der Waals surface area contributed by atoms with E-state index in [1.807, 2.05) is 12.1 Å². The second-order valence-electron chi connectivity index (χ2n) is 7.46. The van der Waals surface area contributed by atoms with Crippen molar-refractivity contribution in [1.29, 1.82) is 0 Å². The number of nitrogens with one attached hydrogen (secondary N) is 1. The number of carboxylic acid groups (broad SMARTS) is 1. The Kier molecular flexibility index (Phi) is 6.01. The van der Waals surface area contributed by atoms with Crippen LogP contribution in [0.5, 0.6) is 5.75 Å². The van der Waals surface area contributed by atoms with Gasteiger partial charge in [0.1, 0.15) is 17.3 Å². The predicted octanol–water partition coefficient (Wildman–Crippen LogP) is 3.80. The lowest BCUT2D eigenvalue weighted by molar-refractivity contribution is 0.0684. The van der Waals surface area contributed by atoms with Crippen LogP contribution in [0.4, 0.5) is 4.39 Å². The van der Waals surface area contributed by atoms with Crippen molar-refractivity contribution in [3.05, 3.63) is 65.1 Å². The maximum atomic E-state index is 14.3. The zero-order valence-corrected chi connectivity index (χ0v) is 16.9. The molecule has 1 atom stereocenters. The number of rotatable bonds is 8. The molecule has 0 spiro atoms. The zero-order chi connectivity index (χ0) is 21.1. The highest BCUT2D eigenvalue weighted by Gasteiger charge is 2.24. The summed E-state index contributed by atoms with van der Waals surface area (Å²) in [6.07, 6.45) is 2.21. The van der Waals surface area contributed by atoms with Crippen molar-refractivity contribution >= 4 is 16.9 Å². The Morgan fingerprint density at radius 1 is 1.33 bits per heavy atom. The summed E-state index contributed by atoms with van der Waals surface area (Å²) in [6, 6.07) is 11.9. The molecule has 6 nitrogen and oxygen atoms in total. The number of benzene rings is 2. The number of ether oxygens (including phenoxy) is 2. The van der Waals surface area contributed by atoms with Gasteiger partial charge in [-0.3, -0.25) is 0 Å². The molecule has 1 saturated heterocycles. The number of carbonyl (C=O) groups is 1. The minimum atomic E-state index is -1.05. The van der Waals surface area contributed by atoms with Gasteiger partial charge in [0.15, 0.2) is 0 Å². The summed E-state index contributed by atoms with van der Waals surface area (Å²) in [5.74, 6) is -0.794. The summed E-state index contributed by atoms with van der Waals surface area (Å²) in [6.45, 7) is 1.93. The van der Waals surface area contributed by atoms with Crippen LogP contribution in [0.1, 0.15) is 34.5 Å². The SMILES string of the molecule is COc1ccc2c(CNC[C@@H]3CCCO3)c(C(=O)O)n(Cc3ccccc3F)c2c1. The average Bonchev–Trinajstić information content (AvgIpc) is 3.36. The summed E-state index contributed by atoms with van der Waals surface area (Å²) in [4.78, 5) is 12.3. The monoisotopic (exact) mass is 412 g/mol. The van der Waals surface area contributed by atoms with E-state index in [9.17, 15) is 14.3 Å². The fourth-order valence-corrected chi connectivity index (χ4v) is 4.08. The normalized spacial score (nSPS) is 16.3. The van der Waals surface area contributed by atoms with Crippen LogP contribution in [-0.2, 0) is 17.8 Å². The van der Waals surface area contributed by atoms with E-state index < -0.39 is 5.97 Å². The van der Waals surface area contributed by atoms with E-state index in [4.69, 9.17) is 9.47 Å². The minimum Gasteiger partial charge on any atom is -0.497 e. The van der Waals surface area contributed by atoms with Gasteiger partial charge >= 0.3 is 5.97 Å². The third-order valence-electron chi connectivity index (χ3n) is 5.56. The Morgan fingerprint density at radius 2 is 2.17 bits per heavy atom. The Hall–Kier alpha value is -2.90. The van der Waals surface area contributed by atoms with Crippen molar-refractivity contribution in [2.45, 2.75) is 32.0 Å². The van der Waals surface area contributed by atoms with Crippen LogP contribution in [-0.4, -0.2) is 42.0 Å². The summed E-state index contributed by atoms with van der Waals surface area (Å²) in [5.41, 5.74) is 1.96. The second kappa shape index (κ2) is 8.85. The Balaban J connectivity index is 1.76. The molecule has 1 aliphatic heterocycles. The van der Waals surface area contributed by atoms with E-state index in [0.717, 1.165) is 24.8 Å². The molecule has 2 aromatic carbocycles. The maximum Gasteiger partial charge on any atom is 0.352 e. The largest absolute Gasteiger partial charge is 0.497 e. The van der Waals surface area contributed by atoms with Gasteiger partial charge in [0.2, 0.25) is 0 Å². The maximum absolute atomic E-state index is 14.3. The quantitative estimate of drug-likeness (QED) is 0.589. The van der Waals surface area contributed by atoms with Crippen LogP contribution in [0, 0.1) is 5.82 Å². The molecule has 0 unspecified atom stereocenters. The molecule has 0 amide bonds. The summed E-state index contributed by atoms with van der Waals surface area (Å²) < 4.78 is 27.0. The highest BCUT2D eigenvalue weighted by Crippen LogP contribution is 2.31. The third kappa shape index (κ3) is 4.04. The lowest BCUT2D eigenvalue weighted by atomic mass is 10.1. The molecule has 0 bridgehead atoms. The van der Waals surface area contributed by atoms with E-state index in [1.54, 1.807) is 35.9 Å². The highest BCUT2D eigenvalue weighted by atomic mass is 19.1. The molecule has 3 aromatic rings. The van der Waals surface area contributed by atoms with Crippen LogP contribution < -0.4 is 10.1 Å². The first-order chi connectivity index (χ1) is 14.6. The van der Waals surface area contributed by atoms with Gasteiger partial charge in [-0.2, -0.15) is 0 Å². The first kappa shape index (κ1) is 20.4. The molecule has 7 heteroatoms. The number of methoxy groups -OCH3 is 1. The van der Waals surface area contributed by atoms with Gasteiger partial charge in [0.25, 0.3) is 0 Å². The Morgan fingerprint density at radius 3 is 2.87 bits per heavy atom. The predicted molar refractivity (Wildman–Crippen MR) is 112 cm³/mol. The van der Waals surface area contributed by atoms with Gasteiger partial charge in [0, 0.05) is 42.3 Å². The van der Waals surface area contributed by atoms with Gasteiger partial charge in [-0.25, -0.2) is 9.18 Å². The van der Waals surface area contributed by atoms with E-state index >= 15 is 0 Å². The number of hydrogen-bond donors (Lipinski definition) is 2. The van der Waals surface area contributed by atoms with Crippen LogP contribution in [0.2, 0.25) is 0 Å². The Bertz CT molecular complexity index is 1060. The topological polar surface area (TPSA) is 72.7 Å². The Labute approximate surface area is 174 Å². The highest BCUT2D eigenvalue weighted by molar-refractivity contribution is 5.98. The smallest absolute Gasteiger partial charge is 0.352 e. The van der Waals surface area contributed by atoms with Crippen molar-refractivity contribution in [1.82, 2.24) is 9.88 Å². The van der Waals surface area contributed by atoms with Gasteiger partial charge in [-0.05, 0) is 31.0 Å². The summed E-state index contributed by atoms with van der Waals surface area (Å²) >= 11 is 0. The van der Waals surface area contributed by atoms with E-state index in [2.05, 4.69) is 5.32 Å². The molecule has 1 aromatic heterocycles. The molecule has 0 saturated carbocycles. The van der Waals surface area contributed by atoms with Gasteiger partial charge in [-0.15, -0.1) is 0 Å². The van der Waals surface area contributed by atoms with Crippen molar-refractivity contribution in [3.8, 4) is 5.75 Å². The molecule has 0 aliphatic carbocycles. The molecule has 0 radical (unpaired) electrons. The second-order valence-corrected chi connectivity index (χ2v) is 7.46. The third-order valence-corrected chi connectivity index (χ3v) is 5.56. The molecule has 1 fully saturated rings. The van der Waals surface area contributed by atoms with Gasteiger partial charge in [-0.1, -0.05) is 18.2 Å². The number of hydrogen-bond acceptors (Lipinski definition) is 4. The van der Waals surface area contributed by atoms with Crippen molar-refractivity contribution in [3.63, 3.8) is 0 Å². The molecule has 2 N–H and O–H groups in total. The molecule has 1 aliphatic rings. The first-order valence-electron chi connectivity index (χ1n) is 10.1. The van der Waals surface area contributed by atoms with Crippen LogP contribution >= 0.6 is 0 Å². The number of nitrogens with zero attached hydrogens (tertiary/aromatic N) is 1. The number of aromatic carboxylic acids is 1. The average molecular weight is 412 g/mol.